The van der Waals surface area contributed by atoms with Crippen molar-refractivity contribution in [3.63, 3.8) is 0 Å². The number of halogens is 2. The number of alkyl halides is 2. The molecule has 0 saturated heterocycles. The third kappa shape index (κ3) is 3.59. The minimum atomic E-state index is -1.63. The molecule has 1 rings (SSSR count). The van der Waals surface area contributed by atoms with Crippen LogP contribution in [0.4, 0.5) is 0 Å². The van der Waals surface area contributed by atoms with Crippen molar-refractivity contribution in [1.82, 2.24) is 15.3 Å². The number of rotatable bonds is 6. The van der Waals surface area contributed by atoms with E-state index < -0.39 is 28.8 Å². The lowest BCUT2D eigenvalue weighted by molar-refractivity contribution is -0.138. The quantitative estimate of drug-likeness (QED) is 0.535. The first kappa shape index (κ1) is 14.7. The van der Waals surface area contributed by atoms with E-state index in [1.807, 2.05) is 0 Å². The van der Waals surface area contributed by atoms with E-state index in [0.29, 0.717) is 5.69 Å². The maximum Gasteiger partial charge on any atom is 0.322 e. The number of amides is 1. The zero-order valence-electron chi connectivity index (χ0n) is 9.19. The summed E-state index contributed by atoms with van der Waals surface area (Å²) in [5.41, 5.74) is 4.78. The van der Waals surface area contributed by atoms with Crippen molar-refractivity contribution in [2.24, 2.45) is 5.73 Å². The summed E-state index contributed by atoms with van der Waals surface area (Å²) >= 11 is 11.4. The van der Waals surface area contributed by atoms with E-state index in [-0.39, 0.29) is 6.42 Å². The van der Waals surface area contributed by atoms with Gasteiger partial charge in [0.1, 0.15) is 16.9 Å². The molecule has 1 atom stereocenters. The van der Waals surface area contributed by atoms with Crippen LogP contribution in [0, 0.1) is 0 Å². The normalized spacial score (nSPS) is 14.2. The summed E-state index contributed by atoms with van der Waals surface area (Å²) in [6.45, 7) is -0.554. The van der Waals surface area contributed by atoms with Crippen LogP contribution in [0.25, 0.3) is 0 Å². The van der Waals surface area contributed by atoms with Crippen LogP contribution in [-0.4, -0.2) is 43.9 Å². The van der Waals surface area contributed by atoms with Gasteiger partial charge in [-0.25, -0.2) is 4.98 Å². The second-order valence-electron chi connectivity index (χ2n) is 3.67. The van der Waals surface area contributed by atoms with Crippen molar-refractivity contribution in [1.29, 1.82) is 0 Å². The van der Waals surface area contributed by atoms with E-state index in [2.05, 4.69) is 15.3 Å². The van der Waals surface area contributed by atoms with Crippen LogP contribution in [-0.2, 0) is 16.0 Å². The van der Waals surface area contributed by atoms with E-state index in [4.69, 9.17) is 34.0 Å². The van der Waals surface area contributed by atoms with Crippen molar-refractivity contribution in [3.8, 4) is 0 Å². The Labute approximate surface area is 113 Å². The zero-order chi connectivity index (χ0) is 13.8. The largest absolute Gasteiger partial charge is 0.480 e. The number of nitrogens with one attached hydrogen (secondary N) is 2. The van der Waals surface area contributed by atoms with Crippen LogP contribution in [0.1, 0.15) is 5.69 Å². The fourth-order valence-electron chi connectivity index (χ4n) is 1.27. The number of nitrogens with zero attached hydrogens (tertiary/aromatic N) is 1. The number of carbonyl (C=O) groups is 2. The molecule has 18 heavy (non-hydrogen) atoms. The van der Waals surface area contributed by atoms with Gasteiger partial charge in [-0.15, -0.1) is 23.2 Å². The molecule has 9 heteroatoms. The third-order valence-corrected chi connectivity index (χ3v) is 3.03. The van der Waals surface area contributed by atoms with Crippen LogP contribution in [0.5, 0.6) is 0 Å². The number of hydrogen-bond donors (Lipinski definition) is 4. The molecule has 7 nitrogen and oxygen atoms in total. The van der Waals surface area contributed by atoms with Gasteiger partial charge < -0.3 is 21.1 Å². The molecule has 100 valence electrons. The minimum absolute atomic E-state index is 0.0100. The second kappa shape index (κ2) is 6.03. The highest BCUT2D eigenvalue weighted by Gasteiger charge is 2.41. The van der Waals surface area contributed by atoms with E-state index in [0.717, 1.165) is 0 Å². The maximum atomic E-state index is 11.8. The second-order valence-corrected chi connectivity index (χ2v) is 4.77. The Bertz CT molecular complexity index is 423. The summed E-state index contributed by atoms with van der Waals surface area (Å²) in [5.74, 6) is -1.93. The molecule has 0 aliphatic rings. The number of aromatic nitrogens is 2. The molecule has 0 aliphatic carbocycles. The van der Waals surface area contributed by atoms with Gasteiger partial charge in [0.05, 0.1) is 6.33 Å². The van der Waals surface area contributed by atoms with Crippen molar-refractivity contribution in [2.75, 3.05) is 6.54 Å². The number of imidazole rings is 1. The first-order chi connectivity index (χ1) is 8.36. The lowest BCUT2D eigenvalue weighted by atomic mass is 9.95. The van der Waals surface area contributed by atoms with E-state index in [1.54, 1.807) is 0 Å². The smallest absolute Gasteiger partial charge is 0.322 e. The number of nitrogens with two attached hydrogens (primary N) is 1. The number of hydrogen-bond acceptors (Lipinski definition) is 4. The van der Waals surface area contributed by atoms with E-state index in [9.17, 15) is 9.59 Å². The first-order valence-corrected chi connectivity index (χ1v) is 5.78. The Morgan fingerprint density at radius 3 is 2.72 bits per heavy atom. The minimum Gasteiger partial charge on any atom is -0.480 e. The summed E-state index contributed by atoms with van der Waals surface area (Å²) in [6, 6.07) is 0. The molecule has 1 heterocycles. The molecular weight excluding hydrogens is 283 g/mol. The predicted octanol–water partition coefficient (Wildman–Crippen LogP) is -0.346. The summed E-state index contributed by atoms with van der Waals surface area (Å²) in [6.07, 6.45) is 2.90. The van der Waals surface area contributed by atoms with Gasteiger partial charge in [-0.05, 0) is 0 Å². The van der Waals surface area contributed by atoms with Crippen LogP contribution in [0.15, 0.2) is 12.5 Å². The summed E-state index contributed by atoms with van der Waals surface area (Å²) in [4.78, 5) is 27.6. The topological polar surface area (TPSA) is 121 Å². The highest BCUT2D eigenvalue weighted by Crippen LogP contribution is 2.22. The Kier molecular flexibility index (Phi) is 4.94. The van der Waals surface area contributed by atoms with Crippen molar-refractivity contribution in [2.45, 2.75) is 16.8 Å². The lowest BCUT2D eigenvalue weighted by Crippen LogP contribution is -2.60. The SMILES string of the molecule is NC(Cc1cnc[nH]1)(C(=O)NCC(=O)O)C(Cl)Cl. The highest BCUT2D eigenvalue weighted by atomic mass is 35.5. The van der Waals surface area contributed by atoms with Crippen molar-refractivity contribution in [3.05, 3.63) is 18.2 Å². The molecule has 0 radical (unpaired) electrons. The number of carboxylic acids is 1. The molecule has 0 saturated carbocycles. The molecule has 5 N–H and O–H groups in total. The highest BCUT2D eigenvalue weighted by molar-refractivity contribution is 6.46. The van der Waals surface area contributed by atoms with Gasteiger partial charge in [-0.1, -0.05) is 0 Å². The predicted molar refractivity (Wildman–Crippen MR) is 65.3 cm³/mol. The molecule has 1 aromatic rings. The molecule has 1 amide bonds. The Morgan fingerprint density at radius 2 is 2.28 bits per heavy atom. The van der Waals surface area contributed by atoms with Crippen LogP contribution >= 0.6 is 23.2 Å². The maximum absolute atomic E-state index is 11.8. The van der Waals surface area contributed by atoms with Gasteiger partial charge in [-0.2, -0.15) is 0 Å². The zero-order valence-corrected chi connectivity index (χ0v) is 10.7. The van der Waals surface area contributed by atoms with Gasteiger partial charge in [-0.3, -0.25) is 9.59 Å². The van der Waals surface area contributed by atoms with Crippen molar-refractivity contribution >= 4 is 35.1 Å². The molecule has 1 unspecified atom stereocenters. The summed E-state index contributed by atoms with van der Waals surface area (Å²) in [5, 5.41) is 10.6. The fraction of sp³-hybridized carbons (Fsp3) is 0.444. The van der Waals surface area contributed by atoms with Crippen molar-refractivity contribution < 1.29 is 14.7 Å². The summed E-state index contributed by atoms with van der Waals surface area (Å²) in [7, 11) is 0. The molecule has 0 spiro atoms. The standard InChI is InChI=1S/C9H12Cl2N4O3/c10-7(11)9(12,1-5-2-13-4-15-5)8(18)14-3-6(16)17/h2,4,7H,1,3,12H2,(H,13,15)(H,14,18)(H,16,17). The molecule has 1 aromatic heterocycles. The number of aliphatic carboxylic acids is 1. The molecular formula is C9H12Cl2N4O3. The molecule has 0 fully saturated rings. The van der Waals surface area contributed by atoms with Crippen LogP contribution < -0.4 is 11.1 Å². The van der Waals surface area contributed by atoms with Crippen LogP contribution in [0.2, 0.25) is 0 Å². The number of H-pyrrole nitrogens is 1. The molecule has 0 aromatic carbocycles. The monoisotopic (exact) mass is 294 g/mol. The fourth-order valence-corrected chi connectivity index (χ4v) is 1.63. The molecule has 0 bridgehead atoms. The Morgan fingerprint density at radius 1 is 1.61 bits per heavy atom. The third-order valence-electron chi connectivity index (χ3n) is 2.25. The number of aromatic amines is 1. The van der Waals surface area contributed by atoms with Gasteiger partial charge in [0.15, 0.2) is 0 Å². The average molecular weight is 295 g/mol. The first-order valence-electron chi connectivity index (χ1n) is 4.90. The number of carbonyl (C=O) groups excluding carboxylic acids is 1. The van der Waals surface area contributed by atoms with Crippen LogP contribution in [0.3, 0.4) is 0 Å². The Balaban J connectivity index is 2.79. The average Bonchev–Trinajstić information content (AvgIpc) is 2.77. The summed E-state index contributed by atoms with van der Waals surface area (Å²) < 4.78 is 0. The van der Waals surface area contributed by atoms with Gasteiger partial charge in [0.25, 0.3) is 0 Å². The van der Waals surface area contributed by atoms with Gasteiger partial charge >= 0.3 is 5.97 Å². The lowest BCUT2D eigenvalue weighted by Gasteiger charge is -2.28. The van der Waals surface area contributed by atoms with Gasteiger partial charge in [0.2, 0.25) is 5.91 Å². The van der Waals surface area contributed by atoms with Gasteiger partial charge in [0, 0.05) is 18.3 Å². The van der Waals surface area contributed by atoms with E-state index in [1.165, 1.54) is 12.5 Å². The number of carboxylic acid groups (broad SMARTS) is 1. The molecule has 0 aliphatic heterocycles. The van der Waals surface area contributed by atoms with E-state index >= 15 is 0 Å². The Hall–Kier alpha value is -1.31.